The number of unbranched alkanes of at least 4 members (excludes halogenated alkanes) is 34. The highest BCUT2D eigenvalue weighted by Crippen LogP contribution is 2.23. The first-order valence-electron chi connectivity index (χ1n) is 27.9. The van der Waals surface area contributed by atoms with Gasteiger partial charge in [-0.15, -0.1) is 0 Å². The van der Waals surface area contributed by atoms with E-state index in [2.05, 4.69) is 38.2 Å². The Morgan fingerprint density at radius 3 is 1.35 bits per heavy atom. The molecule has 0 bridgehead atoms. The summed E-state index contributed by atoms with van der Waals surface area (Å²) in [6.07, 6.45) is 50.8. The molecule has 1 saturated heterocycles. The van der Waals surface area contributed by atoms with Crippen molar-refractivity contribution in [3.8, 4) is 0 Å². The Kier molecular flexibility index (Phi) is 45.3. The number of esters is 1. The Hall–Kier alpha value is -1.33. The fourth-order valence-corrected chi connectivity index (χ4v) is 8.76. The molecule has 0 aliphatic carbocycles. The molecule has 0 aromatic heterocycles. The van der Waals surface area contributed by atoms with Crippen LogP contribution in [0.3, 0.4) is 0 Å². The van der Waals surface area contributed by atoms with E-state index in [1.165, 1.54) is 205 Å². The SMILES string of the molecule is CCCCC/C=C\C/C=C\CCCCCCCCCCCC(=O)OC(COCCCCCCCCCCCCCCCCCCCCCCCCC)COC1OC(CO)C(O)C(O)C1O. The van der Waals surface area contributed by atoms with Gasteiger partial charge in [0.2, 0.25) is 0 Å². The van der Waals surface area contributed by atoms with E-state index in [-0.39, 0.29) is 19.2 Å². The number of hydrogen-bond acceptors (Lipinski definition) is 9. The summed E-state index contributed by atoms with van der Waals surface area (Å²) < 4.78 is 23.0. The highest BCUT2D eigenvalue weighted by Gasteiger charge is 2.44. The second-order valence-corrected chi connectivity index (χ2v) is 19.4. The summed E-state index contributed by atoms with van der Waals surface area (Å²) in [5.41, 5.74) is 0. The van der Waals surface area contributed by atoms with E-state index in [4.69, 9.17) is 18.9 Å². The molecule has 1 aliphatic rings. The van der Waals surface area contributed by atoms with Crippen LogP contribution in [0.25, 0.3) is 0 Å². The van der Waals surface area contributed by atoms with Crippen LogP contribution in [0.2, 0.25) is 0 Å². The molecule has 9 heteroatoms. The predicted molar refractivity (Wildman–Crippen MR) is 270 cm³/mol. The molecular weight excluding hydrogens is 817 g/mol. The van der Waals surface area contributed by atoms with Gasteiger partial charge in [0.1, 0.15) is 30.5 Å². The van der Waals surface area contributed by atoms with E-state index in [9.17, 15) is 25.2 Å². The van der Waals surface area contributed by atoms with Crippen molar-refractivity contribution in [2.24, 2.45) is 0 Å². The molecule has 6 unspecified atom stereocenters. The Balaban J connectivity index is 2.15. The minimum atomic E-state index is -1.54. The van der Waals surface area contributed by atoms with Crippen LogP contribution in [-0.4, -0.2) is 89.6 Å². The topological polar surface area (TPSA) is 135 Å². The molecule has 0 amide bonds. The number of hydrogen-bond donors (Lipinski definition) is 4. The summed E-state index contributed by atoms with van der Waals surface area (Å²) in [7, 11) is 0. The highest BCUT2D eigenvalue weighted by atomic mass is 16.7. The van der Waals surface area contributed by atoms with Gasteiger partial charge in [0.15, 0.2) is 6.29 Å². The summed E-state index contributed by atoms with van der Waals surface area (Å²) in [5, 5.41) is 40.3. The molecule has 0 spiro atoms. The maximum atomic E-state index is 12.9. The van der Waals surface area contributed by atoms with Gasteiger partial charge in [0, 0.05) is 13.0 Å². The van der Waals surface area contributed by atoms with Crippen molar-refractivity contribution in [1.29, 1.82) is 0 Å². The first-order chi connectivity index (χ1) is 31.9. The molecule has 9 nitrogen and oxygen atoms in total. The molecule has 0 radical (unpaired) electrons. The number of carbonyl (C=O) groups is 1. The largest absolute Gasteiger partial charge is 0.457 e. The Bertz CT molecular complexity index is 1050. The number of ether oxygens (including phenoxy) is 4. The summed E-state index contributed by atoms with van der Waals surface area (Å²) >= 11 is 0. The van der Waals surface area contributed by atoms with Crippen molar-refractivity contribution < 1.29 is 44.2 Å². The zero-order valence-electron chi connectivity index (χ0n) is 42.5. The summed E-state index contributed by atoms with van der Waals surface area (Å²) in [6, 6.07) is 0. The standard InChI is InChI=1S/C56H106O9/c1-3-5-7-9-11-13-15-17-19-21-23-24-25-26-28-30-32-34-36-38-40-42-44-46-62-48-50(49-63-56-55(61)54(60)53(59)51(47-57)65-56)64-52(58)45-43-41-39-37-35-33-31-29-27-22-20-18-16-14-12-10-8-6-4-2/h12,14,18,20,50-51,53-57,59-61H,3-11,13,15-17,19,21-49H2,1-2H3/b14-12-,20-18-. The molecular formula is C56H106O9. The Labute approximate surface area is 400 Å². The molecule has 0 aromatic rings. The first-order valence-corrected chi connectivity index (χ1v) is 27.9. The third-order valence-electron chi connectivity index (χ3n) is 13.1. The number of aliphatic hydroxyl groups is 4. The van der Waals surface area contributed by atoms with Gasteiger partial charge >= 0.3 is 5.97 Å². The fraction of sp³-hybridized carbons (Fsp3) is 0.911. The van der Waals surface area contributed by atoms with Gasteiger partial charge in [-0.05, 0) is 44.9 Å². The van der Waals surface area contributed by atoms with Crippen molar-refractivity contribution in [1.82, 2.24) is 0 Å². The quantitative estimate of drug-likeness (QED) is 0.0267. The van der Waals surface area contributed by atoms with Crippen molar-refractivity contribution in [2.45, 2.75) is 301 Å². The summed E-state index contributed by atoms with van der Waals surface area (Å²) in [5.74, 6) is -0.312. The zero-order valence-corrected chi connectivity index (χ0v) is 42.5. The number of allylic oxidation sites excluding steroid dienone is 4. The van der Waals surface area contributed by atoms with Crippen LogP contribution < -0.4 is 0 Å². The molecule has 1 heterocycles. The van der Waals surface area contributed by atoms with Crippen molar-refractivity contribution >= 4 is 5.97 Å². The lowest BCUT2D eigenvalue weighted by molar-refractivity contribution is -0.305. The molecule has 4 N–H and O–H groups in total. The predicted octanol–water partition coefficient (Wildman–Crippen LogP) is 14.1. The van der Waals surface area contributed by atoms with Crippen molar-refractivity contribution in [2.75, 3.05) is 26.4 Å². The van der Waals surface area contributed by atoms with E-state index in [1.54, 1.807) is 0 Å². The molecule has 1 fully saturated rings. The summed E-state index contributed by atoms with van der Waals surface area (Å²) in [4.78, 5) is 12.9. The molecule has 0 aromatic carbocycles. The molecule has 384 valence electrons. The number of aliphatic hydroxyl groups excluding tert-OH is 4. The normalized spacial score (nSPS) is 19.5. The maximum absolute atomic E-state index is 12.9. The van der Waals surface area contributed by atoms with Crippen LogP contribution >= 0.6 is 0 Å². The van der Waals surface area contributed by atoms with E-state index in [1.807, 2.05) is 0 Å². The fourth-order valence-electron chi connectivity index (χ4n) is 8.76. The molecule has 0 saturated carbocycles. The number of carbonyl (C=O) groups excluding carboxylic acids is 1. The lowest BCUT2D eigenvalue weighted by atomic mass is 9.99. The van der Waals surface area contributed by atoms with Gasteiger partial charge in [-0.2, -0.15) is 0 Å². The monoisotopic (exact) mass is 923 g/mol. The van der Waals surface area contributed by atoms with Gasteiger partial charge < -0.3 is 39.4 Å². The van der Waals surface area contributed by atoms with Crippen molar-refractivity contribution in [3.63, 3.8) is 0 Å². The smallest absolute Gasteiger partial charge is 0.306 e. The Morgan fingerprint density at radius 2 is 0.892 bits per heavy atom. The minimum absolute atomic E-state index is 0.110. The molecule has 1 aliphatic heterocycles. The molecule has 6 atom stereocenters. The third-order valence-corrected chi connectivity index (χ3v) is 13.1. The van der Waals surface area contributed by atoms with Crippen LogP contribution in [-0.2, 0) is 23.7 Å². The Morgan fingerprint density at radius 1 is 0.492 bits per heavy atom. The molecule has 1 rings (SSSR count). The third kappa shape index (κ3) is 38.2. The summed E-state index contributed by atoms with van der Waals surface area (Å²) in [6.45, 7) is 4.59. The average molecular weight is 923 g/mol. The molecule has 65 heavy (non-hydrogen) atoms. The lowest BCUT2D eigenvalue weighted by Crippen LogP contribution is -2.59. The van der Waals surface area contributed by atoms with E-state index >= 15 is 0 Å². The van der Waals surface area contributed by atoms with Crippen LogP contribution in [0, 0.1) is 0 Å². The van der Waals surface area contributed by atoms with Gasteiger partial charge in [-0.1, -0.05) is 237 Å². The maximum Gasteiger partial charge on any atom is 0.306 e. The van der Waals surface area contributed by atoms with E-state index in [0.717, 1.165) is 38.5 Å². The van der Waals surface area contributed by atoms with Gasteiger partial charge in [0.25, 0.3) is 0 Å². The second kappa shape index (κ2) is 47.7. The van der Waals surface area contributed by atoms with Gasteiger partial charge in [-0.3, -0.25) is 4.79 Å². The van der Waals surface area contributed by atoms with Gasteiger partial charge in [-0.25, -0.2) is 0 Å². The van der Waals surface area contributed by atoms with E-state index < -0.39 is 43.4 Å². The van der Waals surface area contributed by atoms with Crippen LogP contribution in [0.15, 0.2) is 24.3 Å². The van der Waals surface area contributed by atoms with Crippen LogP contribution in [0.1, 0.15) is 264 Å². The van der Waals surface area contributed by atoms with Gasteiger partial charge in [0.05, 0.1) is 19.8 Å². The zero-order chi connectivity index (χ0) is 47.1. The second-order valence-electron chi connectivity index (χ2n) is 19.4. The lowest BCUT2D eigenvalue weighted by Gasteiger charge is -2.39. The van der Waals surface area contributed by atoms with Crippen LogP contribution in [0.5, 0.6) is 0 Å². The minimum Gasteiger partial charge on any atom is -0.457 e. The first kappa shape index (κ1) is 61.7. The van der Waals surface area contributed by atoms with Crippen LogP contribution in [0.4, 0.5) is 0 Å². The number of rotatable bonds is 49. The van der Waals surface area contributed by atoms with Crippen molar-refractivity contribution in [3.05, 3.63) is 24.3 Å². The average Bonchev–Trinajstić information content (AvgIpc) is 3.31. The van der Waals surface area contributed by atoms with E-state index in [0.29, 0.717) is 13.0 Å². The highest BCUT2D eigenvalue weighted by molar-refractivity contribution is 5.69.